The Kier molecular flexibility index (Phi) is 32.6. The number of ether oxygens (including phenoxy) is 8. The summed E-state index contributed by atoms with van der Waals surface area (Å²) >= 11 is 0. The van der Waals surface area contributed by atoms with Gasteiger partial charge in [-0.15, -0.1) is 0 Å². The van der Waals surface area contributed by atoms with Crippen molar-refractivity contribution in [2.45, 2.75) is 135 Å². The van der Waals surface area contributed by atoms with E-state index >= 15 is 0 Å². The van der Waals surface area contributed by atoms with Crippen LogP contribution in [0, 0.1) is 0 Å². The molecular formula is C36H75O34P3. The molecule has 3 fully saturated rings. The third kappa shape index (κ3) is 23.8. The van der Waals surface area contributed by atoms with Gasteiger partial charge in [0.2, 0.25) is 0 Å². The first-order valence-corrected chi connectivity index (χ1v) is 26.8. The summed E-state index contributed by atoms with van der Waals surface area (Å²) in [6.07, 6.45) is -28.1. The van der Waals surface area contributed by atoms with E-state index in [1.54, 1.807) is 0 Å². The van der Waals surface area contributed by atoms with Gasteiger partial charge in [0.05, 0.1) is 65.6 Å². The smallest absolute Gasteiger partial charge is 0.394 e. The molecule has 0 aromatic heterocycles. The molecule has 0 aromatic rings. The third-order valence-electron chi connectivity index (χ3n) is 10.5. The molecule has 3 aliphatic rings. The van der Waals surface area contributed by atoms with E-state index < -0.39 is 198 Å². The summed E-state index contributed by atoms with van der Waals surface area (Å²) in [5.41, 5.74) is 0. The normalized spacial score (nSPS) is 33.5. The van der Waals surface area contributed by atoms with Gasteiger partial charge in [-0.2, -0.15) is 0 Å². The number of phosphoric acid groups is 2. The SMILES string of the molecule is COC1C(CO)OC(OCC(O)C(O)C(O)COP(C)(=O)O)C1O.COCC(O)C(O)C(O)COC1OC(CO)C(OP(=O)(O)OC)C1O.COCC(O)C(O)C(O)COP(=O)(O)OC1C(CO)OC(C)C1O. The van der Waals surface area contributed by atoms with E-state index in [1.165, 1.54) is 28.3 Å². The zero-order valence-electron chi connectivity index (χ0n) is 40.4. The van der Waals surface area contributed by atoms with E-state index in [-0.39, 0.29) is 13.2 Å². The largest absolute Gasteiger partial charge is 0.472 e. The van der Waals surface area contributed by atoms with E-state index in [9.17, 15) is 89.9 Å². The topological polar surface area (TPSA) is 535 Å². The minimum Gasteiger partial charge on any atom is -0.394 e. The summed E-state index contributed by atoms with van der Waals surface area (Å²) < 4.78 is 97.0. The summed E-state index contributed by atoms with van der Waals surface area (Å²) in [6, 6.07) is 0. The van der Waals surface area contributed by atoms with Gasteiger partial charge in [-0.05, 0) is 6.92 Å². The Morgan fingerprint density at radius 2 is 0.822 bits per heavy atom. The molecule has 3 rings (SSSR count). The van der Waals surface area contributed by atoms with Crippen LogP contribution in [0.25, 0.3) is 0 Å². The highest BCUT2D eigenvalue weighted by Crippen LogP contribution is 2.48. The number of hydrogen-bond acceptors (Lipinski definition) is 31. The van der Waals surface area contributed by atoms with E-state index in [2.05, 4.69) is 23.0 Å². The second-order valence-corrected chi connectivity index (χ2v) is 21.1. The fourth-order valence-electron chi connectivity index (χ4n) is 6.45. The molecule has 3 saturated heterocycles. The predicted octanol–water partition coefficient (Wildman–Crippen LogP) is -8.69. The third-order valence-corrected chi connectivity index (χ3v) is 13.1. The van der Waals surface area contributed by atoms with Crippen LogP contribution in [-0.4, -0.2) is 314 Å². The predicted molar refractivity (Wildman–Crippen MR) is 236 cm³/mol. The van der Waals surface area contributed by atoms with Gasteiger partial charge >= 0.3 is 23.2 Å². The van der Waals surface area contributed by atoms with Crippen molar-refractivity contribution in [3.05, 3.63) is 0 Å². The van der Waals surface area contributed by atoms with Gasteiger partial charge in [-0.3, -0.25) is 22.7 Å². The molecule has 24 atom stereocenters. The van der Waals surface area contributed by atoms with Crippen LogP contribution in [0.4, 0.5) is 0 Å². The van der Waals surface area contributed by atoms with Gasteiger partial charge in [0.25, 0.3) is 0 Å². The van der Waals surface area contributed by atoms with Crippen LogP contribution >= 0.6 is 23.2 Å². The Labute approximate surface area is 418 Å². The van der Waals surface area contributed by atoms with Crippen molar-refractivity contribution in [1.82, 2.24) is 0 Å². The lowest BCUT2D eigenvalue weighted by molar-refractivity contribution is -0.194. The highest BCUT2D eigenvalue weighted by atomic mass is 31.2. The van der Waals surface area contributed by atoms with Crippen molar-refractivity contribution in [3.63, 3.8) is 0 Å². The fourth-order valence-corrected chi connectivity index (χ4v) is 8.51. The molecular weight excluding hydrogens is 1070 g/mol. The number of aliphatic hydroxyl groups excluding tert-OH is 15. The number of rotatable bonds is 31. The van der Waals surface area contributed by atoms with Gasteiger partial charge in [-0.25, -0.2) is 9.13 Å². The minimum atomic E-state index is -4.73. The number of aliphatic hydroxyl groups is 15. The molecule has 34 nitrogen and oxygen atoms in total. The Morgan fingerprint density at radius 1 is 0.479 bits per heavy atom. The van der Waals surface area contributed by atoms with E-state index in [0.717, 1.165) is 13.8 Å². The monoisotopic (exact) mass is 1140 g/mol. The molecule has 0 saturated carbocycles. The van der Waals surface area contributed by atoms with Gasteiger partial charge in [0, 0.05) is 35.1 Å². The van der Waals surface area contributed by atoms with Gasteiger partial charge in [0.15, 0.2) is 12.6 Å². The zero-order valence-corrected chi connectivity index (χ0v) is 43.1. The van der Waals surface area contributed by atoms with Gasteiger partial charge < -0.3 is 134 Å². The van der Waals surface area contributed by atoms with E-state index in [1.807, 2.05) is 0 Å². The Hall–Kier alpha value is -0.550. The first-order chi connectivity index (χ1) is 33.9. The van der Waals surface area contributed by atoms with Crippen LogP contribution in [0.3, 0.4) is 0 Å². The summed E-state index contributed by atoms with van der Waals surface area (Å²) in [5, 5.41) is 144. The second kappa shape index (κ2) is 33.8. The summed E-state index contributed by atoms with van der Waals surface area (Å²) in [6.45, 7) is -2.21. The molecule has 0 bridgehead atoms. The molecule has 3 heterocycles. The van der Waals surface area contributed by atoms with Crippen LogP contribution in [0.2, 0.25) is 0 Å². The van der Waals surface area contributed by atoms with Crippen LogP contribution < -0.4 is 0 Å². The van der Waals surface area contributed by atoms with Crippen molar-refractivity contribution in [1.29, 1.82) is 0 Å². The first-order valence-electron chi connectivity index (χ1n) is 21.8. The highest BCUT2D eigenvalue weighted by Gasteiger charge is 2.50. The average Bonchev–Trinajstić information content (AvgIpc) is 3.92. The minimum absolute atomic E-state index is 0.216. The summed E-state index contributed by atoms with van der Waals surface area (Å²) in [7, 11) is -8.18. The van der Waals surface area contributed by atoms with Crippen LogP contribution in [0.5, 0.6) is 0 Å². The lowest BCUT2D eigenvalue weighted by Crippen LogP contribution is -2.44. The van der Waals surface area contributed by atoms with Crippen LogP contribution in [0.15, 0.2) is 0 Å². The lowest BCUT2D eigenvalue weighted by atomic mass is 10.1. The van der Waals surface area contributed by atoms with E-state index in [0.29, 0.717) is 0 Å². The maximum Gasteiger partial charge on any atom is 0.472 e. The Bertz CT molecular complexity index is 1640. The molecule has 73 heavy (non-hydrogen) atoms. The lowest BCUT2D eigenvalue weighted by Gasteiger charge is -2.25. The molecule has 0 aliphatic carbocycles. The highest BCUT2D eigenvalue weighted by molar-refractivity contribution is 7.51. The van der Waals surface area contributed by atoms with Crippen LogP contribution in [0.1, 0.15) is 6.92 Å². The molecule has 0 amide bonds. The number of phosphoric ester groups is 2. The first kappa shape index (κ1) is 70.5. The second-order valence-electron chi connectivity index (χ2n) is 16.3. The van der Waals surface area contributed by atoms with Crippen molar-refractivity contribution in [2.24, 2.45) is 0 Å². The van der Waals surface area contributed by atoms with Gasteiger partial charge in [-0.1, -0.05) is 0 Å². The molecule has 24 unspecified atom stereocenters. The quantitative estimate of drug-likeness (QED) is 0.0287. The van der Waals surface area contributed by atoms with E-state index in [4.69, 9.17) is 52.6 Å². The molecule has 0 radical (unpaired) electrons. The van der Waals surface area contributed by atoms with Crippen molar-refractivity contribution >= 4 is 23.2 Å². The maximum absolute atomic E-state index is 11.9. The van der Waals surface area contributed by atoms with Crippen molar-refractivity contribution < 1.29 is 165 Å². The Balaban J connectivity index is 0.000000548. The fraction of sp³-hybridized carbons (Fsp3) is 1.00. The average molecular weight is 1140 g/mol. The molecule has 0 spiro atoms. The molecule has 18 N–H and O–H groups in total. The van der Waals surface area contributed by atoms with Crippen molar-refractivity contribution in [3.8, 4) is 0 Å². The Morgan fingerprint density at radius 3 is 1.19 bits per heavy atom. The standard InChI is InChI=1S/C12H25O12P.2C12H25O11P/c1-20-4-6(14)9(16)7(15)5-22-12-10(17)11(8(3-13)23-12)24-25(18,19)21-2;1-20-11-8(3-13)23-12(10(11)17)21-4-6(14)9(16)7(15)5-22-24(2,18)19;1-6-10(16)12(9(3-13)22-6)23-24(18,19)21-5-8(15)11(17)7(14)4-20-2/h6-17H,3-5H2,1-2H3,(H,18,19);2*6-17H,3-5H2,1-2H3,(H,18,19). The maximum atomic E-state index is 11.9. The molecule has 438 valence electrons. The number of methoxy groups -OCH3 is 3. The summed E-state index contributed by atoms with van der Waals surface area (Å²) in [5.74, 6) is 0. The van der Waals surface area contributed by atoms with Crippen molar-refractivity contribution in [2.75, 3.05) is 94.6 Å². The zero-order chi connectivity index (χ0) is 56.2. The number of hydrogen-bond donors (Lipinski definition) is 18. The molecule has 0 aromatic carbocycles. The summed E-state index contributed by atoms with van der Waals surface area (Å²) in [4.78, 5) is 27.9. The molecule has 3 aliphatic heterocycles. The van der Waals surface area contributed by atoms with Crippen LogP contribution in [-0.2, 0) is 74.2 Å². The molecule has 37 heteroatoms. The van der Waals surface area contributed by atoms with Gasteiger partial charge in [0.1, 0.15) is 110 Å².